The summed E-state index contributed by atoms with van der Waals surface area (Å²) in [5, 5.41) is 11.8. The molecule has 0 atom stereocenters. The Morgan fingerprint density at radius 2 is 1.00 bits per heavy atom. The van der Waals surface area contributed by atoms with Crippen LogP contribution in [0.1, 0.15) is 101 Å². The number of hydrogen-bond donors (Lipinski definition) is 0. The molecule has 4 nitrogen and oxygen atoms in total. The third-order valence-corrected chi connectivity index (χ3v) is 7.13. The zero-order valence-corrected chi connectivity index (χ0v) is 23.9. The van der Waals surface area contributed by atoms with E-state index in [-0.39, 0.29) is 5.56 Å². The van der Waals surface area contributed by atoms with Crippen molar-refractivity contribution in [2.45, 2.75) is 90.9 Å². The molecule has 0 heterocycles. The number of carbonyl (C=O) groups is 1. The topological polar surface area (TPSA) is 58.6 Å². The van der Waals surface area contributed by atoms with Gasteiger partial charge < -0.3 is 19.4 Å². The Kier molecular flexibility index (Phi) is 13.5. The van der Waals surface area contributed by atoms with Crippen LogP contribution < -0.4 is 14.6 Å². The second kappa shape index (κ2) is 17.3. The largest absolute Gasteiger partial charge is 0.545 e. The average Bonchev–Trinajstić information content (AvgIpc) is 2.96. The van der Waals surface area contributed by atoms with Crippen LogP contribution in [-0.4, -0.2) is 19.2 Å². The van der Waals surface area contributed by atoms with Gasteiger partial charge in [0.15, 0.2) is 0 Å². The Labute approximate surface area is 235 Å². The van der Waals surface area contributed by atoms with E-state index in [4.69, 9.17) is 9.47 Å². The smallest absolute Gasteiger partial charge is 0.119 e. The van der Waals surface area contributed by atoms with Gasteiger partial charge in [-0.05, 0) is 65.4 Å². The van der Waals surface area contributed by atoms with Crippen LogP contribution in [0.4, 0.5) is 0 Å². The highest BCUT2D eigenvalue weighted by molar-refractivity contribution is 5.95. The lowest BCUT2D eigenvalue weighted by Crippen LogP contribution is -2.23. The van der Waals surface area contributed by atoms with Crippen molar-refractivity contribution < 1.29 is 19.4 Å². The summed E-state index contributed by atoms with van der Waals surface area (Å²) in [6.45, 7) is 5.84. The van der Waals surface area contributed by atoms with Crippen LogP contribution in [0.25, 0.3) is 22.3 Å². The summed E-state index contributed by atoms with van der Waals surface area (Å²) < 4.78 is 11.9. The van der Waals surface area contributed by atoms with Gasteiger partial charge in [0.05, 0.1) is 19.2 Å². The number of aromatic carboxylic acids is 1. The first-order valence-corrected chi connectivity index (χ1v) is 14.9. The minimum atomic E-state index is -1.19. The van der Waals surface area contributed by atoms with E-state index in [9.17, 15) is 9.90 Å². The molecule has 3 aromatic carbocycles. The molecule has 0 aliphatic carbocycles. The molecule has 0 saturated carbocycles. The number of unbranched alkanes of at least 4 members (excludes halogenated alkanes) is 10. The predicted molar refractivity (Wildman–Crippen MR) is 159 cm³/mol. The second-order valence-electron chi connectivity index (χ2n) is 10.3. The maximum Gasteiger partial charge on any atom is 0.119 e. The number of hydrogen-bond acceptors (Lipinski definition) is 4. The van der Waals surface area contributed by atoms with Crippen molar-refractivity contribution in [1.82, 2.24) is 0 Å². The summed E-state index contributed by atoms with van der Waals surface area (Å²) in [5.74, 6) is 0.387. The molecule has 3 rings (SSSR count). The fourth-order valence-corrected chi connectivity index (χ4v) is 4.76. The molecule has 3 aromatic rings. The Hall–Kier alpha value is -3.27. The molecular formula is C35H45O4-. The summed E-state index contributed by atoms with van der Waals surface area (Å²) in [6, 6.07) is 21.2. The van der Waals surface area contributed by atoms with Crippen molar-refractivity contribution in [2.75, 3.05) is 13.2 Å². The molecule has 0 radical (unpaired) electrons. The lowest BCUT2D eigenvalue weighted by atomic mass is 9.96. The number of ether oxygens (including phenoxy) is 2. The van der Waals surface area contributed by atoms with Crippen molar-refractivity contribution in [2.24, 2.45) is 0 Å². The van der Waals surface area contributed by atoms with Crippen LogP contribution in [0.15, 0.2) is 66.7 Å². The minimum absolute atomic E-state index is 0.168. The molecule has 0 spiro atoms. The molecule has 0 bridgehead atoms. The van der Waals surface area contributed by atoms with E-state index in [1.807, 2.05) is 42.5 Å². The van der Waals surface area contributed by atoms with Gasteiger partial charge in [0.2, 0.25) is 0 Å². The molecule has 0 aliphatic heterocycles. The van der Waals surface area contributed by atoms with Crippen molar-refractivity contribution in [3.8, 4) is 33.8 Å². The van der Waals surface area contributed by atoms with Gasteiger partial charge in [0.25, 0.3) is 0 Å². The van der Waals surface area contributed by atoms with Gasteiger partial charge >= 0.3 is 0 Å². The van der Waals surface area contributed by atoms with Gasteiger partial charge in [-0.25, -0.2) is 0 Å². The van der Waals surface area contributed by atoms with E-state index in [2.05, 4.69) is 26.0 Å². The number of benzene rings is 3. The van der Waals surface area contributed by atoms with Gasteiger partial charge in [-0.15, -0.1) is 0 Å². The molecule has 210 valence electrons. The first-order chi connectivity index (χ1) is 19.1. The highest BCUT2D eigenvalue weighted by Gasteiger charge is 2.10. The summed E-state index contributed by atoms with van der Waals surface area (Å²) >= 11 is 0. The molecule has 39 heavy (non-hydrogen) atoms. The highest BCUT2D eigenvalue weighted by atomic mass is 16.5. The lowest BCUT2D eigenvalue weighted by molar-refractivity contribution is -0.254. The van der Waals surface area contributed by atoms with Crippen LogP contribution in [0.3, 0.4) is 0 Å². The predicted octanol–water partition coefficient (Wildman–Crippen LogP) is 8.86. The van der Waals surface area contributed by atoms with Gasteiger partial charge in [-0.1, -0.05) is 114 Å². The van der Waals surface area contributed by atoms with E-state index >= 15 is 0 Å². The monoisotopic (exact) mass is 529 g/mol. The Bertz CT molecular complexity index is 1100. The number of carbonyl (C=O) groups excluding carboxylic acids is 1. The fourth-order valence-electron chi connectivity index (χ4n) is 4.76. The van der Waals surface area contributed by atoms with Crippen molar-refractivity contribution in [1.29, 1.82) is 0 Å². The van der Waals surface area contributed by atoms with Crippen molar-refractivity contribution >= 4 is 5.97 Å². The maximum atomic E-state index is 11.8. The van der Waals surface area contributed by atoms with E-state index in [1.165, 1.54) is 57.8 Å². The summed E-state index contributed by atoms with van der Waals surface area (Å²) in [6.07, 6.45) is 14.7. The van der Waals surface area contributed by atoms with Crippen LogP contribution in [0.2, 0.25) is 0 Å². The standard InChI is InChI=1S/C35H46O4/c1-3-5-7-9-11-13-25-38-31-21-19-29(20-22-31)28-15-17-30(18-16-28)34-27-32(23-24-33(34)35(36)37)39-26-14-12-10-8-6-4-2/h15-24,27H,3-14,25-26H2,1-2H3,(H,36,37)/p-1. The average molecular weight is 530 g/mol. The first kappa shape index (κ1) is 30.3. The van der Waals surface area contributed by atoms with E-state index in [1.54, 1.807) is 12.1 Å². The maximum absolute atomic E-state index is 11.8. The zero-order chi connectivity index (χ0) is 27.7. The molecule has 0 aliphatic rings. The molecular weight excluding hydrogens is 484 g/mol. The molecule has 0 saturated heterocycles. The van der Waals surface area contributed by atoms with Crippen molar-refractivity contribution in [3.63, 3.8) is 0 Å². The van der Waals surface area contributed by atoms with E-state index < -0.39 is 5.97 Å². The lowest BCUT2D eigenvalue weighted by Gasteiger charge is -2.14. The van der Waals surface area contributed by atoms with Gasteiger partial charge in [-0.3, -0.25) is 0 Å². The molecule has 0 fully saturated rings. The normalized spacial score (nSPS) is 10.9. The Morgan fingerprint density at radius 1 is 0.564 bits per heavy atom. The van der Waals surface area contributed by atoms with Crippen molar-refractivity contribution in [3.05, 3.63) is 72.3 Å². The third kappa shape index (κ3) is 10.4. The van der Waals surface area contributed by atoms with Gasteiger partial charge in [0.1, 0.15) is 11.5 Å². The van der Waals surface area contributed by atoms with Crippen LogP contribution in [0.5, 0.6) is 11.5 Å². The zero-order valence-electron chi connectivity index (χ0n) is 23.9. The quantitative estimate of drug-likeness (QED) is 0.146. The first-order valence-electron chi connectivity index (χ1n) is 14.9. The Morgan fingerprint density at radius 3 is 1.54 bits per heavy atom. The number of carboxylic acids is 1. The van der Waals surface area contributed by atoms with Gasteiger partial charge in [-0.2, -0.15) is 0 Å². The van der Waals surface area contributed by atoms with Crippen LogP contribution in [0, 0.1) is 0 Å². The van der Waals surface area contributed by atoms with Crippen LogP contribution in [-0.2, 0) is 0 Å². The fraction of sp³-hybridized carbons (Fsp3) is 0.457. The number of carboxylic acid groups (broad SMARTS) is 1. The Balaban J connectivity index is 1.57. The van der Waals surface area contributed by atoms with Gasteiger partial charge in [0, 0.05) is 5.56 Å². The van der Waals surface area contributed by atoms with Crippen LogP contribution >= 0.6 is 0 Å². The summed E-state index contributed by atoms with van der Waals surface area (Å²) in [7, 11) is 0. The second-order valence-corrected chi connectivity index (χ2v) is 10.3. The molecule has 0 amide bonds. The van der Waals surface area contributed by atoms with E-state index in [0.717, 1.165) is 48.3 Å². The SMILES string of the molecule is CCCCCCCCOc1ccc(-c2ccc(-c3cc(OCCCCCCCC)ccc3C(=O)[O-])cc2)cc1. The van der Waals surface area contributed by atoms with E-state index in [0.29, 0.717) is 17.9 Å². The summed E-state index contributed by atoms with van der Waals surface area (Å²) in [5.41, 5.74) is 3.75. The third-order valence-electron chi connectivity index (χ3n) is 7.13. The summed E-state index contributed by atoms with van der Waals surface area (Å²) in [4.78, 5) is 11.8. The molecule has 0 aromatic heterocycles. The number of rotatable bonds is 19. The minimum Gasteiger partial charge on any atom is -0.545 e. The highest BCUT2D eigenvalue weighted by Crippen LogP contribution is 2.31. The molecule has 0 N–H and O–H groups in total. The molecule has 0 unspecified atom stereocenters. The molecule has 4 heteroatoms.